The van der Waals surface area contributed by atoms with Gasteiger partial charge in [0.05, 0.1) is 23.0 Å². The van der Waals surface area contributed by atoms with Crippen LogP contribution >= 0.6 is 0 Å². The first-order valence-electron chi connectivity index (χ1n) is 15.9. The number of carbonyl (C=O) groups excluding carboxylic acids is 1. The Bertz CT molecular complexity index is 1190. The monoisotopic (exact) mass is 617 g/mol. The second kappa shape index (κ2) is 19.3. The van der Waals surface area contributed by atoms with Crippen LogP contribution in [0.2, 0.25) is 0 Å². The van der Waals surface area contributed by atoms with E-state index in [0.29, 0.717) is 6.42 Å². The first-order valence-corrected chi connectivity index (χ1v) is 17.3. The molecule has 0 radical (unpaired) electrons. The molecule has 0 aliphatic rings. The number of hydrogen-bond donors (Lipinski definition) is 2. The molecular weight excluding hydrogens is 566 g/mol. The zero-order valence-electron chi connectivity index (χ0n) is 26.3. The van der Waals surface area contributed by atoms with Crippen LogP contribution in [0.1, 0.15) is 140 Å². The van der Waals surface area contributed by atoms with Gasteiger partial charge in [0.2, 0.25) is 5.82 Å². The topological polar surface area (TPSA) is 136 Å². The molecule has 0 saturated heterocycles. The number of anilines is 1. The molecule has 2 rings (SSSR count). The number of sulfonamides is 1. The molecule has 0 saturated carbocycles. The molecule has 2 N–H and O–H groups in total. The van der Waals surface area contributed by atoms with Crippen molar-refractivity contribution in [3.05, 3.63) is 48.0 Å². The van der Waals surface area contributed by atoms with Gasteiger partial charge in [0, 0.05) is 6.42 Å². The molecule has 0 aliphatic carbocycles. The molecular formula is C33H51N3O6S. The number of ether oxygens (including phenoxy) is 1. The number of nitrogens with zero attached hydrogens (tertiary/aromatic N) is 2. The molecule has 2 aromatic rings. The number of aromatic nitrogens is 2. The third-order valence-electron chi connectivity index (χ3n) is 7.10. The normalized spacial score (nSPS) is 11.8. The smallest absolute Gasteiger partial charge is 0.373 e. The van der Waals surface area contributed by atoms with Gasteiger partial charge in [0.25, 0.3) is 10.0 Å². The largest absolute Gasteiger partial charge is 0.475 e. The van der Waals surface area contributed by atoms with Crippen molar-refractivity contribution in [2.75, 3.05) is 4.72 Å². The van der Waals surface area contributed by atoms with E-state index in [1.165, 1.54) is 77.0 Å². The number of carboxylic acid groups (broad SMARTS) is 1. The molecule has 1 heterocycles. The van der Waals surface area contributed by atoms with Gasteiger partial charge in [-0.1, -0.05) is 95.6 Å². The van der Waals surface area contributed by atoms with Crippen LogP contribution in [0.3, 0.4) is 0 Å². The fourth-order valence-corrected chi connectivity index (χ4v) is 5.86. The van der Waals surface area contributed by atoms with E-state index >= 15 is 0 Å². The molecule has 10 heteroatoms. The second-order valence-electron chi connectivity index (χ2n) is 12.2. The third-order valence-corrected chi connectivity index (χ3v) is 8.49. The molecule has 0 atom stereocenters. The lowest BCUT2D eigenvalue weighted by molar-refractivity contribution is -0.154. The van der Waals surface area contributed by atoms with Gasteiger partial charge in [-0.25, -0.2) is 23.2 Å². The Labute approximate surface area is 258 Å². The summed E-state index contributed by atoms with van der Waals surface area (Å²) in [4.78, 5) is 29.9. The minimum Gasteiger partial charge on any atom is -0.475 e. The predicted octanol–water partition coefficient (Wildman–Crippen LogP) is 8.10. The average molecular weight is 618 g/mol. The van der Waals surface area contributed by atoms with Gasteiger partial charge in [-0.15, -0.1) is 0 Å². The van der Waals surface area contributed by atoms with E-state index < -0.39 is 21.8 Å². The van der Waals surface area contributed by atoms with Crippen LogP contribution in [0.15, 0.2) is 41.6 Å². The summed E-state index contributed by atoms with van der Waals surface area (Å²) in [6.07, 6.45) is 22.1. The lowest BCUT2D eigenvalue weighted by Gasteiger charge is -2.19. The van der Waals surface area contributed by atoms with E-state index in [0.717, 1.165) is 43.6 Å². The molecule has 43 heavy (non-hydrogen) atoms. The van der Waals surface area contributed by atoms with E-state index in [1.807, 2.05) is 32.9 Å². The van der Waals surface area contributed by atoms with Crippen molar-refractivity contribution in [2.45, 2.75) is 140 Å². The van der Waals surface area contributed by atoms with Gasteiger partial charge in [0.1, 0.15) is 5.60 Å². The van der Waals surface area contributed by atoms with Crippen LogP contribution < -0.4 is 4.72 Å². The quantitative estimate of drug-likeness (QED) is 0.0999. The van der Waals surface area contributed by atoms with Crippen molar-refractivity contribution in [1.29, 1.82) is 0 Å². The molecule has 0 aliphatic heterocycles. The number of carbonyl (C=O) groups is 2. The van der Waals surface area contributed by atoms with Gasteiger partial charge in [-0.2, -0.15) is 0 Å². The summed E-state index contributed by atoms with van der Waals surface area (Å²) in [6, 6.07) is 6.84. The number of aromatic carboxylic acids is 1. The van der Waals surface area contributed by atoms with Gasteiger partial charge < -0.3 is 9.84 Å². The summed E-state index contributed by atoms with van der Waals surface area (Å²) in [5, 5.41) is 8.85. The van der Waals surface area contributed by atoms with Crippen molar-refractivity contribution in [2.24, 2.45) is 0 Å². The Morgan fingerprint density at radius 3 is 1.63 bits per heavy atom. The van der Waals surface area contributed by atoms with Gasteiger partial charge in [0.15, 0.2) is 0 Å². The number of rotatable bonds is 22. The minimum atomic E-state index is -3.81. The Balaban J connectivity index is 1.43. The standard InChI is InChI=1S/C33H51N3O6S/c1-33(2,3)42-30(37)20-18-16-14-12-10-8-6-4-5-7-9-11-13-15-17-19-27-21-23-29(24-22-27)43(40,41)36-28-25-34-31(32(38)39)35-26-28/h21-26,36H,4-20H2,1-3H3,(H,38,39). The van der Waals surface area contributed by atoms with Crippen LogP contribution in [0.25, 0.3) is 0 Å². The summed E-state index contributed by atoms with van der Waals surface area (Å²) in [7, 11) is -3.81. The minimum absolute atomic E-state index is 0.0798. The molecule has 240 valence electrons. The highest BCUT2D eigenvalue weighted by atomic mass is 32.2. The number of benzene rings is 1. The highest BCUT2D eigenvalue weighted by Gasteiger charge is 2.16. The van der Waals surface area contributed by atoms with Crippen LogP contribution in [0.4, 0.5) is 5.69 Å². The predicted molar refractivity (Wildman–Crippen MR) is 170 cm³/mol. The maximum atomic E-state index is 12.6. The molecule has 1 aromatic heterocycles. The van der Waals surface area contributed by atoms with Crippen molar-refractivity contribution in [3.8, 4) is 0 Å². The van der Waals surface area contributed by atoms with Crippen LogP contribution in [0.5, 0.6) is 0 Å². The zero-order valence-corrected chi connectivity index (χ0v) is 27.1. The van der Waals surface area contributed by atoms with E-state index in [2.05, 4.69) is 14.7 Å². The summed E-state index contributed by atoms with van der Waals surface area (Å²) in [6.45, 7) is 5.72. The lowest BCUT2D eigenvalue weighted by Crippen LogP contribution is -2.23. The van der Waals surface area contributed by atoms with Gasteiger partial charge in [-0.05, 0) is 57.7 Å². The third kappa shape index (κ3) is 16.4. The van der Waals surface area contributed by atoms with Crippen LogP contribution in [-0.4, -0.2) is 41.0 Å². The summed E-state index contributed by atoms with van der Waals surface area (Å²) < 4.78 is 32.9. The van der Waals surface area contributed by atoms with Crippen molar-refractivity contribution in [3.63, 3.8) is 0 Å². The molecule has 1 aromatic carbocycles. The summed E-state index contributed by atoms with van der Waals surface area (Å²) in [5.74, 6) is -1.75. The number of aryl methyl sites for hydroxylation is 1. The highest BCUT2D eigenvalue weighted by molar-refractivity contribution is 7.92. The maximum Gasteiger partial charge on any atom is 0.373 e. The van der Waals surface area contributed by atoms with Crippen molar-refractivity contribution in [1.82, 2.24) is 9.97 Å². The average Bonchev–Trinajstić information content (AvgIpc) is 2.94. The number of hydrogen-bond acceptors (Lipinski definition) is 7. The first-order chi connectivity index (χ1) is 20.5. The molecule has 0 amide bonds. The Morgan fingerprint density at radius 1 is 0.744 bits per heavy atom. The molecule has 0 spiro atoms. The van der Waals surface area contributed by atoms with E-state index in [9.17, 15) is 18.0 Å². The van der Waals surface area contributed by atoms with Gasteiger partial charge >= 0.3 is 11.9 Å². The second-order valence-corrected chi connectivity index (χ2v) is 13.9. The number of nitrogens with one attached hydrogen (secondary N) is 1. The molecule has 0 bridgehead atoms. The Kier molecular flexibility index (Phi) is 16.2. The van der Waals surface area contributed by atoms with Crippen molar-refractivity contribution >= 4 is 27.6 Å². The van der Waals surface area contributed by atoms with Gasteiger partial charge in [-0.3, -0.25) is 9.52 Å². The highest BCUT2D eigenvalue weighted by Crippen LogP contribution is 2.18. The molecule has 0 fully saturated rings. The molecule has 9 nitrogen and oxygen atoms in total. The zero-order chi connectivity index (χ0) is 31.6. The SMILES string of the molecule is CC(C)(C)OC(=O)CCCCCCCCCCCCCCCCCc1ccc(S(=O)(=O)Nc2cnc(C(=O)O)nc2)cc1. The fourth-order valence-electron chi connectivity index (χ4n) is 4.83. The van der Waals surface area contributed by atoms with Crippen molar-refractivity contribution < 1.29 is 27.9 Å². The van der Waals surface area contributed by atoms with E-state index in [-0.39, 0.29) is 22.2 Å². The number of esters is 1. The van der Waals surface area contributed by atoms with Crippen LogP contribution in [-0.2, 0) is 26.0 Å². The molecule has 0 unspecified atom stereocenters. The first kappa shape index (κ1) is 36.2. The fraction of sp³-hybridized carbons (Fsp3) is 0.636. The lowest BCUT2D eigenvalue weighted by atomic mass is 10.0. The Morgan fingerprint density at radius 2 is 1.19 bits per heavy atom. The maximum absolute atomic E-state index is 12.6. The summed E-state index contributed by atoms with van der Waals surface area (Å²) in [5.41, 5.74) is 0.825. The van der Waals surface area contributed by atoms with E-state index in [1.54, 1.807) is 12.1 Å². The van der Waals surface area contributed by atoms with E-state index in [4.69, 9.17) is 9.84 Å². The number of carboxylic acids is 1. The number of unbranched alkanes of at least 4 members (excludes halogenated alkanes) is 14. The Hall–Kier alpha value is -3.01. The van der Waals surface area contributed by atoms with Crippen LogP contribution in [0, 0.1) is 0 Å². The summed E-state index contributed by atoms with van der Waals surface area (Å²) >= 11 is 0.